The van der Waals surface area contributed by atoms with Gasteiger partial charge >= 0.3 is 0 Å². The molecule has 0 atom stereocenters. The van der Waals surface area contributed by atoms with Crippen molar-refractivity contribution in [3.63, 3.8) is 0 Å². The number of unbranched alkanes of at least 4 members (excludes halogenated alkanes) is 1. The zero-order chi connectivity index (χ0) is 12.1. The van der Waals surface area contributed by atoms with Crippen LogP contribution in [0.25, 0.3) is 0 Å². The van der Waals surface area contributed by atoms with Gasteiger partial charge in [0.05, 0.1) is 5.76 Å². The van der Waals surface area contributed by atoms with Crippen molar-refractivity contribution in [1.82, 2.24) is 0 Å². The zero-order valence-electron chi connectivity index (χ0n) is 11.2. The highest BCUT2D eigenvalue weighted by molar-refractivity contribution is 6.74. The highest BCUT2D eigenvalue weighted by atomic mass is 28.4. The second-order valence-corrected chi connectivity index (χ2v) is 10.2. The van der Waals surface area contributed by atoms with Gasteiger partial charge in [0.15, 0.2) is 0 Å². The van der Waals surface area contributed by atoms with E-state index in [-0.39, 0.29) is 5.04 Å². The van der Waals surface area contributed by atoms with Crippen molar-refractivity contribution in [3.8, 4) is 0 Å². The molecule has 0 amide bonds. The van der Waals surface area contributed by atoms with Gasteiger partial charge in [-0.05, 0) is 30.6 Å². The number of allylic oxidation sites excluding steroid dienone is 2. The fourth-order valence-corrected chi connectivity index (χ4v) is 1.93. The normalized spacial score (nSPS) is 13.2. The lowest BCUT2D eigenvalue weighted by molar-refractivity contribution is 0.402. The van der Waals surface area contributed by atoms with Crippen LogP contribution in [-0.2, 0) is 4.43 Å². The topological polar surface area (TPSA) is 9.23 Å². The predicted molar refractivity (Wildman–Crippen MR) is 71.5 cm³/mol. The summed E-state index contributed by atoms with van der Waals surface area (Å²) in [7, 11) is -1.68. The molecule has 0 aromatic heterocycles. The van der Waals surface area contributed by atoms with Gasteiger partial charge in [-0.25, -0.2) is 0 Å². The molecule has 0 aliphatic heterocycles. The van der Waals surface area contributed by atoms with E-state index in [1.165, 1.54) is 6.42 Å². The maximum absolute atomic E-state index is 6.01. The summed E-state index contributed by atoms with van der Waals surface area (Å²) in [6.07, 6.45) is 6.41. The van der Waals surface area contributed by atoms with Crippen molar-refractivity contribution in [1.29, 1.82) is 0 Å². The third-order valence-electron chi connectivity index (χ3n) is 2.95. The molecule has 0 saturated heterocycles. The molecule has 0 aromatic carbocycles. The SMILES string of the molecule is C=C(/C=C/CCC)O[Si](C)(C)C(C)(C)C. The van der Waals surface area contributed by atoms with Crippen LogP contribution in [0, 0.1) is 0 Å². The van der Waals surface area contributed by atoms with E-state index in [1.807, 2.05) is 6.08 Å². The van der Waals surface area contributed by atoms with Crippen LogP contribution in [0.2, 0.25) is 18.1 Å². The average molecular weight is 226 g/mol. The molecule has 88 valence electrons. The largest absolute Gasteiger partial charge is 0.544 e. The van der Waals surface area contributed by atoms with Crippen LogP contribution in [0.15, 0.2) is 24.5 Å². The van der Waals surface area contributed by atoms with Crippen LogP contribution < -0.4 is 0 Å². The molecule has 2 heteroatoms. The Bertz CT molecular complexity index is 233. The van der Waals surface area contributed by atoms with E-state index in [1.54, 1.807) is 0 Å². The molecule has 0 radical (unpaired) electrons. The van der Waals surface area contributed by atoms with Crippen molar-refractivity contribution in [2.45, 2.75) is 58.7 Å². The quantitative estimate of drug-likeness (QED) is 0.369. The molecule has 0 aromatic rings. The van der Waals surface area contributed by atoms with Crippen LogP contribution >= 0.6 is 0 Å². The first-order valence-electron chi connectivity index (χ1n) is 5.75. The van der Waals surface area contributed by atoms with Crippen LogP contribution in [0.3, 0.4) is 0 Å². The Hall–Kier alpha value is -0.503. The first-order valence-corrected chi connectivity index (χ1v) is 8.66. The summed E-state index contributed by atoms with van der Waals surface area (Å²) in [6.45, 7) is 17.3. The molecule has 0 spiro atoms. The summed E-state index contributed by atoms with van der Waals surface area (Å²) in [5.74, 6) is 0.815. The minimum atomic E-state index is -1.68. The Morgan fingerprint density at radius 1 is 1.33 bits per heavy atom. The summed E-state index contributed by atoms with van der Waals surface area (Å²) in [4.78, 5) is 0. The van der Waals surface area contributed by atoms with E-state index in [9.17, 15) is 0 Å². The lowest BCUT2D eigenvalue weighted by Crippen LogP contribution is -2.40. The monoisotopic (exact) mass is 226 g/mol. The third-order valence-corrected chi connectivity index (χ3v) is 7.34. The van der Waals surface area contributed by atoms with Gasteiger partial charge in [0.1, 0.15) is 0 Å². The van der Waals surface area contributed by atoms with Gasteiger partial charge in [0.25, 0.3) is 0 Å². The van der Waals surface area contributed by atoms with Crippen LogP contribution in [-0.4, -0.2) is 8.32 Å². The molecule has 1 nitrogen and oxygen atoms in total. The van der Waals surface area contributed by atoms with Crippen molar-refractivity contribution in [3.05, 3.63) is 24.5 Å². The smallest absolute Gasteiger partial charge is 0.250 e. The highest BCUT2D eigenvalue weighted by Gasteiger charge is 2.38. The van der Waals surface area contributed by atoms with E-state index >= 15 is 0 Å². The first-order chi connectivity index (χ1) is 6.70. The molecule has 0 N–H and O–H groups in total. The molecule has 0 heterocycles. The minimum absolute atomic E-state index is 0.245. The Morgan fingerprint density at radius 2 is 1.87 bits per heavy atom. The van der Waals surface area contributed by atoms with Gasteiger partial charge in [-0.1, -0.05) is 46.8 Å². The van der Waals surface area contributed by atoms with Gasteiger partial charge in [0.2, 0.25) is 8.32 Å². The summed E-state index contributed by atoms with van der Waals surface area (Å²) < 4.78 is 6.01. The van der Waals surface area contributed by atoms with Gasteiger partial charge in [0, 0.05) is 0 Å². The molecule has 0 aliphatic rings. The Morgan fingerprint density at radius 3 is 2.27 bits per heavy atom. The van der Waals surface area contributed by atoms with Gasteiger partial charge in [-0.15, -0.1) is 0 Å². The van der Waals surface area contributed by atoms with Crippen molar-refractivity contribution >= 4 is 8.32 Å². The van der Waals surface area contributed by atoms with Crippen LogP contribution in [0.1, 0.15) is 40.5 Å². The first kappa shape index (κ1) is 14.5. The van der Waals surface area contributed by atoms with E-state index < -0.39 is 8.32 Å². The van der Waals surface area contributed by atoms with Gasteiger partial charge < -0.3 is 4.43 Å². The van der Waals surface area contributed by atoms with Crippen molar-refractivity contribution in [2.24, 2.45) is 0 Å². The maximum atomic E-state index is 6.01. The summed E-state index contributed by atoms with van der Waals surface area (Å²) in [5, 5.41) is 0.245. The second-order valence-electron chi connectivity index (χ2n) is 5.52. The summed E-state index contributed by atoms with van der Waals surface area (Å²) >= 11 is 0. The maximum Gasteiger partial charge on any atom is 0.250 e. The molecular weight excluding hydrogens is 200 g/mol. The van der Waals surface area contributed by atoms with Crippen molar-refractivity contribution < 1.29 is 4.43 Å². The number of hydrogen-bond acceptors (Lipinski definition) is 1. The highest BCUT2D eigenvalue weighted by Crippen LogP contribution is 2.37. The van der Waals surface area contributed by atoms with Gasteiger partial charge in [-0.3, -0.25) is 0 Å². The molecule has 0 fully saturated rings. The Labute approximate surface area is 96.4 Å². The van der Waals surface area contributed by atoms with E-state index in [0.717, 1.165) is 12.2 Å². The van der Waals surface area contributed by atoms with E-state index in [2.05, 4.69) is 53.4 Å². The Balaban J connectivity index is 4.29. The fraction of sp³-hybridized carbons (Fsp3) is 0.692. The molecular formula is C13H26OSi. The lowest BCUT2D eigenvalue weighted by atomic mass is 10.2. The van der Waals surface area contributed by atoms with Crippen molar-refractivity contribution in [2.75, 3.05) is 0 Å². The molecule has 0 rings (SSSR count). The third kappa shape index (κ3) is 5.21. The number of rotatable bonds is 5. The zero-order valence-corrected chi connectivity index (χ0v) is 12.2. The standard InChI is InChI=1S/C13H26OSi/c1-8-9-10-11-12(2)14-15(6,7)13(3,4)5/h10-11H,2,8-9H2,1,3-7H3/b11-10+. The average Bonchev–Trinajstić information content (AvgIpc) is 2.01. The van der Waals surface area contributed by atoms with E-state index in [4.69, 9.17) is 4.43 Å². The Kier molecular flexibility index (Phi) is 5.36. The molecule has 0 aliphatic carbocycles. The molecule has 15 heavy (non-hydrogen) atoms. The molecule has 0 bridgehead atoms. The molecule has 0 saturated carbocycles. The minimum Gasteiger partial charge on any atom is -0.544 e. The predicted octanol–water partition coefficient (Wildman–Crippen LogP) is 4.88. The lowest BCUT2D eigenvalue weighted by Gasteiger charge is -2.36. The van der Waals surface area contributed by atoms with Gasteiger partial charge in [-0.2, -0.15) is 0 Å². The van der Waals surface area contributed by atoms with E-state index in [0.29, 0.717) is 0 Å². The molecule has 0 unspecified atom stereocenters. The van der Waals surface area contributed by atoms with Crippen LogP contribution in [0.5, 0.6) is 0 Å². The number of hydrogen-bond donors (Lipinski definition) is 0. The van der Waals surface area contributed by atoms with Crippen LogP contribution in [0.4, 0.5) is 0 Å². The summed E-state index contributed by atoms with van der Waals surface area (Å²) in [6, 6.07) is 0. The second kappa shape index (κ2) is 5.55. The summed E-state index contributed by atoms with van der Waals surface area (Å²) in [5.41, 5.74) is 0. The fourth-order valence-electron chi connectivity index (χ4n) is 0.896.